The maximum atomic E-state index is 11.7. The zero-order valence-corrected chi connectivity index (χ0v) is 10.4. The number of amides is 1. The van der Waals surface area contributed by atoms with Gasteiger partial charge in [0.25, 0.3) is 0 Å². The molecule has 1 aromatic rings. The van der Waals surface area contributed by atoms with Crippen LogP contribution in [0.25, 0.3) is 0 Å². The predicted octanol–water partition coefficient (Wildman–Crippen LogP) is 0.786. The first kappa shape index (κ1) is 13.7. The van der Waals surface area contributed by atoms with Gasteiger partial charge in [-0.05, 0) is 12.5 Å². The average Bonchev–Trinajstić information content (AvgIpc) is 2.35. The summed E-state index contributed by atoms with van der Waals surface area (Å²) in [4.78, 5) is 11.7. The molecule has 0 aromatic heterocycles. The van der Waals surface area contributed by atoms with Crippen LogP contribution in [0.3, 0.4) is 0 Å². The maximum Gasteiger partial charge on any atom is 0.224 e. The largest absolute Gasteiger partial charge is 0.354 e. The Morgan fingerprint density at radius 2 is 1.82 bits per heavy atom. The van der Waals surface area contributed by atoms with Gasteiger partial charge in [-0.25, -0.2) is 0 Å². The zero-order valence-electron chi connectivity index (χ0n) is 10.4. The number of rotatable bonds is 5. The number of nitrogens with two attached hydrogens (primary N) is 2. The highest BCUT2D eigenvalue weighted by Crippen LogP contribution is 2.08. The van der Waals surface area contributed by atoms with Crippen molar-refractivity contribution in [3.05, 3.63) is 35.9 Å². The van der Waals surface area contributed by atoms with E-state index >= 15 is 0 Å². The van der Waals surface area contributed by atoms with Crippen LogP contribution < -0.4 is 16.8 Å². The molecule has 0 fully saturated rings. The Kier molecular flexibility index (Phi) is 5.12. The van der Waals surface area contributed by atoms with Crippen molar-refractivity contribution >= 4 is 5.91 Å². The summed E-state index contributed by atoms with van der Waals surface area (Å²) in [6, 6.07) is 9.37. The smallest absolute Gasteiger partial charge is 0.224 e. The summed E-state index contributed by atoms with van der Waals surface area (Å²) in [6.07, 6.45) is 0. The van der Waals surface area contributed by atoms with Gasteiger partial charge in [0.2, 0.25) is 5.91 Å². The molecule has 3 unspecified atom stereocenters. The molecule has 1 rings (SSSR count). The minimum absolute atomic E-state index is 0.0496. The fraction of sp³-hybridized carbons (Fsp3) is 0.462. The zero-order chi connectivity index (χ0) is 12.8. The van der Waals surface area contributed by atoms with Crippen molar-refractivity contribution in [2.45, 2.75) is 25.9 Å². The number of hydrogen-bond donors (Lipinski definition) is 3. The number of benzene rings is 1. The van der Waals surface area contributed by atoms with E-state index in [4.69, 9.17) is 11.5 Å². The Bertz CT molecular complexity index is 351. The molecule has 1 aromatic carbocycles. The molecule has 0 heterocycles. The van der Waals surface area contributed by atoms with Gasteiger partial charge in [-0.1, -0.05) is 37.3 Å². The quantitative estimate of drug-likeness (QED) is 0.705. The van der Waals surface area contributed by atoms with Crippen molar-refractivity contribution in [1.29, 1.82) is 0 Å². The second-order valence-electron chi connectivity index (χ2n) is 4.41. The van der Waals surface area contributed by atoms with Crippen molar-refractivity contribution in [2.75, 3.05) is 6.54 Å². The van der Waals surface area contributed by atoms with Crippen LogP contribution in [0.2, 0.25) is 0 Å². The molecule has 94 valence electrons. The lowest BCUT2D eigenvalue weighted by molar-refractivity contribution is -0.125. The van der Waals surface area contributed by atoms with Crippen molar-refractivity contribution in [2.24, 2.45) is 17.4 Å². The van der Waals surface area contributed by atoms with Crippen molar-refractivity contribution in [3.63, 3.8) is 0 Å². The van der Waals surface area contributed by atoms with Crippen LogP contribution >= 0.6 is 0 Å². The van der Waals surface area contributed by atoms with Crippen LogP contribution in [-0.2, 0) is 4.79 Å². The van der Waals surface area contributed by atoms with Gasteiger partial charge in [-0.15, -0.1) is 0 Å². The second-order valence-corrected chi connectivity index (χ2v) is 4.41. The molecule has 4 heteroatoms. The standard InChI is InChI=1S/C13H21N3O/c1-9(10(2)14)13(17)16-8-12(15)11-6-4-3-5-7-11/h3-7,9-10,12H,8,14-15H2,1-2H3,(H,16,17). The molecule has 1 amide bonds. The van der Waals surface area contributed by atoms with Crippen molar-refractivity contribution in [1.82, 2.24) is 5.32 Å². The Balaban J connectivity index is 2.44. The van der Waals surface area contributed by atoms with E-state index in [0.717, 1.165) is 5.56 Å². The molecule has 0 bridgehead atoms. The minimum atomic E-state index is -0.196. The molecule has 3 atom stereocenters. The summed E-state index contributed by atoms with van der Waals surface area (Å²) in [5.74, 6) is -0.246. The van der Waals surface area contributed by atoms with Crippen LogP contribution in [0.1, 0.15) is 25.5 Å². The van der Waals surface area contributed by atoms with Gasteiger partial charge in [0, 0.05) is 24.5 Å². The number of nitrogens with one attached hydrogen (secondary N) is 1. The number of hydrogen-bond acceptors (Lipinski definition) is 3. The van der Waals surface area contributed by atoms with Gasteiger partial charge in [0.1, 0.15) is 0 Å². The summed E-state index contributed by atoms with van der Waals surface area (Å²) in [6.45, 7) is 4.06. The molecule has 0 spiro atoms. The van der Waals surface area contributed by atoms with Crippen LogP contribution in [0.4, 0.5) is 0 Å². The molecule has 4 nitrogen and oxygen atoms in total. The van der Waals surface area contributed by atoms with Gasteiger partial charge >= 0.3 is 0 Å². The van der Waals surface area contributed by atoms with E-state index in [1.165, 1.54) is 0 Å². The SMILES string of the molecule is CC(N)C(C)C(=O)NCC(N)c1ccccc1. The highest BCUT2D eigenvalue weighted by molar-refractivity contribution is 5.78. The predicted molar refractivity (Wildman–Crippen MR) is 69.2 cm³/mol. The molecule has 17 heavy (non-hydrogen) atoms. The number of carbonyl (C=O) groups excluding carboxylic acids is 1. The molecule has 0 saturated heterocycles. The Labute approximate surface area is 102 Å². The molecule has 0 saturated carbocycles. The van der Waals surface area contributed by atoms with Gasteiger partial charge in [0.15, 0.2) is 0 Å². The third-order valence-electron chi connectivity index (χ3n) is 2.93. The van der Waals surface area contributed by atoms with Crippen molar-refractivity contribution < 1.29 is 4.79 Å². The summed E-state index contributed by atoms with van der Waals surface area (Å²) in [7, 11) is 0. The lowest BCUT2D eigenvalue weighted by Gasteiger charge is -2.18. The van der Waals surface area contributed by atoms with E-state index in [-0.39, 0.29) is 23.9 Å². The number of carbonyl (C=O) groups is 1. The van der Waals surface area contributed by atoms with Crippen molar-refractivity contribution in [3.8, 4) is 0 Å². The van der Waals surface area contributed by atoms with Gasteiger partial charge < -0.3 is 16.8 Å². The first-order valence-corrected chi connectivity index (χ1v) is 5.86. The Morgan fingerprint density at radius 1 is 1.24 bits per heavy atom. The van der Waals surface area contributed by atoms with Crippen LogP contribution in [0, 0.1) is 5.92 Å². The molecule has 5 N–H and O–H groups in total. The minimum Gasteiger partial charge on any atom is -0.354 e. The van der Waals surface area contributed by atoms with E-state index in [9.17, 15) is 4.79 Å². The molecule has 0 aliphatic rings. The van der Waals surface area contributed by atoms with Crippen LogP contribution in [0.15, 0.2) is 30.3 Å². The van der Waals surface area contributed by atoms with Crippen LogP contribution in [0.5, 0.6) is 0 Å². The summed E-state index contributed by atoms with van der Waals surface area (Å²) >= 11 is 0. The summed E-state index contributed by atoms with van der Waals surface area (Å²) in [5, 5.41) is 2.82. The van der Waals surface area contributed by atoms with E-state index in [2.05, 4.69) is 5.32 Å². The highest BCUT2D eigenvalue weighted by Gasteiger charge is 2.17. The molecular formula is C13H21N3O. The fourth-order valence-electron chi connectivity index (χ4n) is 1.43. The summed E-state index contributed by atoms with van der Waals surface area (Å²) in [5.41, 5.74) is 12.7. The fourth-order valence-corrected chi connectivity index (χ4v) is 1.43. The first-order chi connectivity index (χ1) is 8.02. The molecule has 0 aliphatic carbocycles. The third kappa shape index (κ3) is 4.17. The van der Waals surface area contributed by atoms with Gasteiger partial charge in [-0.3, -0.25) is 4.79 Å². The highest BCUT2D eigenvalue weighted by atomic mass is 16.1. The summed E-state index contributed by atoms with van der Waals surface area (Å²) < 4.78 is 0. The molecule has 0 aliphatic heterocycles. The second kappa shape index (κ2) is 6.37. The first-order valence-electron chi connectivity index (χ1n) is 5.86. The maximum absolute atomic E-state index is 11.7. The van der Waals surface area contributed by atoms with E-state index in [1.807, 2.05) is 44.2 Å². The van der Waals surface area contributed by atoms with E-state index in [1.54, 1.807) is 0 Å². The van der Waals surface area contributed by atoms with E-state index < -0.39 is 0 Å². The Morgan fingerprint density at radius 3 is 2.35 bits per heavy atom. The topological polar surface area (TPSA) is 81.1 Å². The van der Waals surface area contributed by atoms with Crippen LogP contribution in [-0.4, -0.2) is 18.5 Å². The Hall–Kier alpha value is -1.39. The van der Waals surface area contributed by atoms with E-state index in [0.29, 0.717) is 6.54 Å². The molecule has 0 radical (unpaired) electrons. The average molecular weight is 235 g/mol. The van der Waals surface area contributed by atoms with Gasteiger partial charge in [-0.2, -0.15) is 0 Å². The lowest BCUT2D eigenvalue weighted by Crippen LogP contribution is -2.41. The monoisotopic (exact) mass is 235 g/mol. The van der Waals surface area contributed by atoms with Gasteiger partial charge in [0.05, 0.1) is 0 Å². The molecular weight excluding hydrogens is 214 g/mol. The lowest BCUT2D eigenvalue weighted by atomic mass is 10.0. The third-order valence-corrected chi connectivity index (χ3v) is 2.93. The normalized spacial score (nSPS) is 16.0.